The van der Waals surface area contributed by atoms with Crippen molar-refractivity contribution in [2.45, 2.75) is 33.1 Å². The molecule has 8 heteroatoms. The number of esters is 1. The molecule has 136 valence electrons. The Hall–Kier alpha value is -2.74. The number of fused-ring (bicyclic) bond motifs is 1. The number of benzene rings is 1. The quantitative estimate of drug-likeness (QED) is 0.486. The molecule has 0 saturated carbocycles. The lowest BCUT2D eigenvalue weighted by Crippen LogP contribution is -2.16. The molecule has 0 radical (unpaired) electrons. The molecule has 26 heavy (non-hydrogen) atoms. The fourth-order valence-electron chi connectivity index (χ4n) is 3.15. The highest BCUT2D eigenvalue weighted by Gasteiger charge is 2.29. The Morgan fingerprint density at radius 1 is 1.35 bits per heavy atom. The number of thiophene rings is 1. The first-order chi connectivity index (χ1) is 12.4. The number of aryl methyl sites for hydroxylation is 1. The van der Waals surface area contributed by atoms with Gasteiger partial charge in [0.05, 0.1) is 17.1 Å². The summed E-state index contributed by atoms with van der Waals surface area (Å²) in [7, 11) is 0. The van der Waals surface area contributed by atoms with E-state index in [-0.39, 0.29) is 23.4 Å². The summed E-state index contributed by atoms with van der Waals surface area (Å²) in [6.45, 7) is 3.52. The molecule has 0 saturated heterocycles. The van der Waals surface area contributed by atoms with Crippen LogP contribution in [0.3, 0.4) is 0 Å². The van der Waals surface area contributed by atoms with Crippen molar-refractivity contribution in [3.05, 3.63) is 55.4 Å². The predicted octanol–water partition coefficient (Wildman–Crippen LogP) is 3.88. The summed E-state index contributed by atoms with van der Waals surface area (Å²) in [5, 5.41) is 14.3. The highest BCUT2D eigenvalue weighted by molar-refractivity contribution is 7.17. The number of rotatable bonds is 5. The minimum atomic E-state index is -0.518. The molecular formula is C18H18N2O5S. The van der Waals surface area contributed by atoms with Crippen LogP contribution in [0.1, 0.15) is 50.1 Å². The maximum absolute atomic E-state index is 12.7. The van der Waals surface area contributed by atoms with E-state index in [1.54, 1.807) is 6.92 Å². The Kier molecular flexibility index (Phi) is 5.03. The number of hydrogen-bond donors (Lipinski definition) is 1. The molecule has 7 nitrogen and oxygen atoms in total. The highest BCUT2D eigenvalue weighted by atomic mass is 32.1. The maximum Gasteiger partial charge on any atom is 0.341 e. The fourth-order valence-corrected chi connectivity index (χ4v) is 4.42. The molecule has 1 aliphatic rings. The Morgan fingerprint density at radius 2 is 2.12 bits per heavy atom. The van der Waals surface area contributed by atoms with Gasteiger partial charge in [-0.1, -0.05) is 6.07 Å². The van der Waals surface area contributed by atoms with Gasteiger partial charge in [0.1, 0.15) is 5.00 Å². The monoisotopic (exact) mass is 374 g/mol. The zero-order valence-electron chi connectivity index (χ0n) is 14.5. The lowest BCUT2D eigenvalue weighted by Gasteiger charge is -2.09. The van der Waals surface area contributed by atoms with E-state index in [1.807, 2.05) is 0 Å². The number of nitrogens with one attached hydrogen (secondary N) is 1. The number of amides is 1. The van der Waals surface area contributed by atoms with Crippen molar-refractivity contribution in [3.8, 4) is 0 Å². The van der Waals surface area contributed by atoms with Gasteiger partial charge in [-0.25, -0.2) is 4.79 Å². The molecule has 1 aromatic heterocycles. The average molecular weight is 374 g/mol. The second kappa shape index (κ2) is 7.25. The largest absolute Gasteiger partial charge is 0.462 e. The van der Waals surface area contributed by atoms with E-state index >= 15 is 0 Å². The van der Waals surface area contributed by atoms with Crippen LogP contribution in [0, 0.1) is 17.0 Å². The number of hydrogen-bond acceptors (Lipinski definition) is 6. The topological polar surface area (TPSA) is 98.5 Å². The van der Waals surface area contributed by atoms with Crippen LogP contribution in [0.4, 0.5) is 10.7 Å². The lowest BCUT2D eigenvalue weighted by atomic mass is 10.1. The number of nitrogens with zero attached hydrogens (tertiary/aromatic N) is 1. The third-order valence-corrected chi connectivity index (χ3v) is 5.58. The summed E-state index contributed by atoms with van der Waals surface area (Å²) in [5.41, 5.74) is 1.75. The number of nitro benzene ring substituents is 1. The summed E-state index contributed by atoms with van der Waals surface area (Å²) in [4.78, 5) is 36.7. The number of anilines is 1. The van der Waals surface area contributed by atoms with Gasteiger partial charge in [0, 0.05) is 22.1 Å². The first-order valence-corrected chi connectivity index (χ1v) is 9.12. The Morgan fingerprint density at radius 3 is 2.81 bits per heavy atom. The van der Waals surface area contributed by atoms with Crippen LogP contribution in [0.15, 0.2) is 18.2 Å². The second-order valence-electron chi connectivity index (χ2n) is 5.94. The van der Waals surface area contributed by atoms with Gasteiger partial charge in [-0.05, 0) is 44.7 Å². The van der Waals surface area contributed by atoms with Gasteiger partial charge in [-0.15, -0.1) is 11.3 Å². The number of carbonyl (C=O) groups excluding carboxylic acids is 2. The van der Waals surface area contributed by atoms with Crippen LogP contribution in [-0.4, -0.2) is 23.4 Å². The molecule has 1 aromatic carbocycles. The standard InChI is InChI=1S/C18H18N2O5S/c1-3-25-18(22)15-12-7-5-9-14(12)26-17(15)19-16(21)11-6-4-8-13(10(11)2)20(23)24/h4,6,8H,3,5,7,9H2,1-2H3,(H,19,21). The van der Waals surface area contributed by atoms with Crippen molar-refractivity contribution in [3.63, 3.8) is 0 Å². The third-order valence-electron chi connectivity index (χ3n) is 4.37. The molecule has 1 heterocycles. The van der Waals surface area contributed by atoms with E-state index in [4.69, 9.17) is 4.74 Å². The molecule has 0 bridgehead atoms. The first-order valence-electron chi connectivity index (χ1n) is 8.31. The van der Waals surface area contributed by atoms with E-state index in [1.165, 1.54) is 36.5 Å². The number of ether oxygens (including phenoxy) is 1. The summed E-state index contributed by atoms with van der Waals surface area (Å²) >= 11 is 1.38. The molecule has 0 aliphatic heterocycles. The zero-order valence-corrected chi connectivity index (χ0v) is 15.3. The number of carbonyl (C=O) groups is 2. The minimum Gasteiger partial charge on any atom is -0.462 e. The molecular weight excluding hydrogens is 356 g/mol. The molecule has 2 aromatic rings. The molecule has 0 fully saturated rings. The molecule has 3 rings (SSSR count). The average Bonchev–Trinajstić information content (AvgIpc) is 3.15. The van der Waals surface area contributed by atoms with E-state index in [0.29, 0.717) is 10.6 Å². The Bertz CT molecular complexity index is 903. The second-order valence-corrected chi connectivity index (χ2v) is 7.05. The molecule has 0 unspecified atom stereocenters. The molecule has 1 amide bonds. The van der Waals surface area contributed by atoms with Crippen LogP contribution in [0.25, 0.3) is 0 Å². The van der Waals surface area contributed by atoms with Crippen LogP contribution < -0.4 is 5.32 Å². The first kappa shape index (κ1) is 18.1. The SMILES string of the molecule is CCOC(=O)c1c(NC(=O)c2cccc([N+](=O)[O-])c2C)sc2c1CCC2. The van der Waals surface area contributed by atoms with E-state index in [0.717, 1.165) is 29.7 Å². The van der Waals surface area contributed by atoms with E-state index in [9.17, 15) is 19.7 Å². The number of nitro groups is 1. The molecule has 0 spiro atoms. The van der Waals surface area contributed by atoms with Crippen molar-refractivity contribution in [1.29, 1.82) is 0 Å². The van der Waals surface area contributed by atoms with Crippen molar-refractivity contribution in [2.24, 2.45) is 0 Å². The molecule has 1 N–H and O–H groups in total. The van der Waals surface area contributed by atoms with Crippen LogP contribution in [0.2, 0.25) is 0 Å². The van der Waals surface area contributed by atoms with Crippen molar-refractivity contribution in [2.75, 3.05) is 11.9 Å². The fraction of sp³-hybridized carbons (Fsp3) is 0.333. The van der Waals surface area contributed by atoms with Gasteiger partial charge in [-0.3, -0.25) is 14.9 Å². The Balaban J connectivity index is 1.95. The summed E-state index contributed by atoms with van der Waals surface area (Å²) in [6.07, 6.45) is 2.63. The maximum atomic E-state index is 12.7. The van der Waals surface area contributed by atoms with Crippen molar-refractivity contribution >= 4 is 33.9 Å². The summed E-state index contributed by atoms with van der Waals surface area (Å²) in [6, 6.07) is 4.36. The zero-order chi connectivity index (χ0) is 18.8. The van der Waals surface area contributed by atoms with Gasteiger partial charge in [0.25, 0.3) is 11.6 Å². The predicted molar refractivity (Wildman–Crippen MR) is 98.1 cm³/mol. The molecule has 1 aliphatic carbocycles. The lowest BCUT2D eigenvalue weighted by molar-refractivity contribution is -0.385. The van der Waals surface area contributed by atoms with Gasteiger partial charge < -0.3 is 10.1 Å². The summed E-state index contributed by atoms with van der Waals surface area (Å²) < 4.78 is 5.14. The van der Waals surface area contributed by atoms with E-state index in [2.05, 4.69) is 5.32 Å². The van der Waals surface area contributed by atoms with Crippen LogP contribution in [-0.2, 0) is 17.6 Å². The molecule has 0 atom stereocenters. The van der Waals surface area contributed by atoms with Gasteiger partial charge in [-0.2, -0.15) is 0 Å². The van der Waals surface area contributed by atoms with Gasteiger partial charge >= 0.3 is 5.97 Å². The van der Waals surface area contributed by atoms with Gasteiger partial charge in [0.2, 0.25) is 0 Å². The van der Waals surface area contributed by atoms with Crippen molar-refractivity contribution < 1.29 is 19.2 Å². The smallest absolute Gasteiger partial charge is 0.341 e. The van der Waals surface area contributed by atoms with Crippen LogP contribution >= 0.6 is 11.3 Å². The van der Waals surface area contributed by atoms with Gasteiger partial charge in [0.15, 0.2) is 0 Å². The third kappa shape index (κ3) is 3.20. The minimum absolute atomic E-state index is 0.114. The van der Waals surface area contributed by atoms with Crippen molar-refractivity contribution in [1.82, 2.24) is 0 Å². The Labute approximate surface area is 154 Å². The summed E-state index contributed by atoms with van der Waals surface area (Å²) in [5.74, 6) is -0.922. The normalized spacial score (nSPS) is 12.5. The van der Waals surface area contributed by atoms with E-state index < -0.39 is 16.8 Å². The highest BCUT2D eigenvalue weighted by Crippen LogP contribution is 2.39. The van der Waals surface area contributed by atoms with Crippen LogP contribution in [0.5, 0.6) is 0 Å².